The molecule has 0 saturated heterocycles. The molecule has 10 heteroatoms. The van der Waals surface area contributed by atoms with E-state index in [2.05, 4.69) is 4.98 Å². The van der Waals surface area contributed by atoms with Crippen molar-refractivity contribution in [1.82, 2.24) is 4.98 Å². The number of rotatable bonds is 5. The molecule has 0 aliphatic rings. The van der Waals surface area contributed by atoms with Gasteiger partial charge in [0.2, 0.25) is 10.9 Å². The number of hydrogen-bond donors (Lipinski definition) is 1. The molecule has 1 heterocycles. The summed E-state index contributed by atoms with van der Waals surface area (Å²) in [5.74, 6) is -1.89. The van der Waals surface area contributed by atoms with Crippen molar-refractivity contribution >= 4 is 15.7 Å². The molecule has 0 radical (unpaired) electrons. The third kappa shape index (κ3) is 4.22. The molecule has 0 bridgehead atoms. The van der Waals surface area contributed by atoms with Gasteiger partial charge in [0.15, 0.2) is 11.6 Å². The summed E-state index contributed by atoms with van der Waals surface area (Å²) in [6.45, 7) is 0. The molecule has 0 aliphatic heterocycles. The summed E-state index contributed by atoms with van der Waals surface area (Å²) < 4.78 is 87.2. The summed E-state index contributed by atoms with van der Waals surface area (Å²) in [7, 11) is -4.63. The average molecular weight is 462 g/mol. The Hall–Kier alpha value is -3.66. The van der Waals surface area contributed by atoms with Crippen LogP contribution in [0.15, 0.2) is 88.3 Å². The van der Waals surface area contributed by atoms with E-state index in [1.807, 2.05) is 4.72 Å². The second-order valence-electron chi connectivity index (χ2n) is 6.66. The second-order valence-corrected chi connectivity index (χ2v) is 8.25. The van der Waals surface area contributed by atoms with E-state index in [9.17, 15) is 26.0 Å². The minimum atomic E-state index is -4.99. The van der Waals surface area contributed by atoms with Crippen LogP contribution < -0.4 is 4.72 Å². The van der Waals surface area contributed by atoms with Crippen LogP contribution in [0.3, 0.4) is 0 Å². The van der Waals surface area contributed by atoms with Gasteiger partial charge in [-0.1, -0.05) is 54.6 Å². The molecule has 3 aromatic carbocycles. The fourth-order valence-electron chi connectivity index (χ4n) is 2.99. The molecule has 4 aromatic rings. The SMILES string of the molecule is O=S(=O)(Nc1cccc(C(F)(F)F)c1F)c1nc(-c2ccccc2)oc1-c1ccccc1. The standard InChI is InChI=1S/C22H14F4N2O3S/c23-18-16(22(24,25)26)12-7-13-17(18)28-32(29,30)21-19(14-8-3-1-4-9-14)31-20(27-21)15-10-5-2-6-11-15/h1-13,28H. The number of benzene rings is 3. The highest BCUT2D eigenvalue weighted by Crippen LogP contribution is 2.36. The molecular formula is C22H14F4N2O3S. The average Bonchev–Trinajstić information content (AvgIpc) is 3.22. The van der Waals surface area contributed by atoms with Crippen LogP contribution in [0.1, 0.15) is 5.56 Å². The maximum Gasteiger partial charge on any atom is 0.419 e. The Morgan fingerprint density at radius 1 is 0.812 bits per heavy atom. The van der Waals surface area contributed by atoms with E-state index in [-0.39, 0.29) is 11.7 Å². The van der Waals surface area contributed by atoms with Crippen molar-refractivity contribution in [2.24, 2.45) is 0 Å². The van der Waals surface area contributed by atoms with Gasteiger partial charge < -0.3 is 4.42 Å². The van der Waals surface area contributed by atoms with E-state index in [1.165, 1.54) is 0 Å². The largest absolute Gasteiger partial charge is 0.435 e. The Kier molecular flexibility index (Phi) is 5.47. The zero-order valence-electron chi connectivity index (χ0n) is 16.1. The third-order valence-corrected chi connectivity index (χ3v) is 5.73. The number of hydrogen-bond acceptors (Lipinski definition) is 4. The predicted octanol–water partition coefficient (Wildman–Crippen LogP) is 5.97. The van der Waals surface area contributed by atoms with E-state index in [0.29, 0.717) is 17.2 Å². The summed E-state index contributed by atoms with van der Waals surface area (Å²) in [6.07, 6.45) is -4.99. The van der Waals surface area contributed by atoms with Crippen LogP contribution in [0.5, 0.6) is 0 Å². The molecule has 164 valence electrons. The Balaban J connectivity index is 1.83. The number of aromatic nitrogens is 1. The highest BCUT2D eigenvalue weighted by atomic mass is 32.2. The van der Waals surface area contributed by atoms with Crippen molar-refractivity contribution in [2.75, 3.05) is 4.72 Å². The number of oxazole rings is 1. The van der Waals surface area contributed by atoms with Crippen molar-refractivity contribution in [3.8, 4) is 22.8 Å². The molecule has 32 heavy (non-hydrogen) atoms. The summed E-state index contributed by atoms with van der Waals surface area (Å²) in [6, 6.07) is 18.9. The molecule has 0 fully saturated rings. The van der Waals surface area contributed by atoms with Gasteiger partial charge in [0, 0.05) is 11.1 Å². The van der Waals surface area contributed by atoms with Gasteiger partial charge in [0.05, 0.1) is 11.3 Å². The van der Waals surface area contributed by atoms with Gasteiger partial charge in [-0.15, -0.1) is 0 Å². The van der Waals surface area contributed by atoms with Gasteiger partial charge >= 0.3 is 6.18 Å². The highest BCUT2D eigenvalue weighted by molar-refractivity contribution is 7.92. The summed E-state index contributed by atoms with van der Waals surface area (Å²) >= 11 is 0. The third-order valence-electron chi connectivity index (χ3n) is 4.46. The lowest BCUT2D eigenvalue weighted by Crippen LogP contribution is -2.17. The molecule has 0 unspecified atom stereocenters. The second kappa shape index (κ2) is 8.12. The Bertz CT molecular complexity index is 1350. The number of alkyl halides is 3. The fourth-order valence-corrected chi connectivity index (χ4v) is 4.14. The van der Waals surface area contributed by atoms with Crippen LogP contribution in [-0.2, 0) is 16.2 Å². The van der Waals surface area contributed by atoms with Crippen molar-refractivity contribution in [2.45, 2.75) is 11.2 Å². The minimum absolute atomic E-state index is 0.0191. The molecule has 0 saturated carbocycles. The summed E-state index contributed by atoms with van der Waals surface area (Å²) in [5.41, 5.74) is -1.60. The van der Waals surface area contributed by atoms with Crippen LogP contribution in [0.4, 0.5) is 23.2 Å². The predicted molar refractivity (Wildman–Crippen MR) is 110 cm³/mol. The van der Waals surface area contributed by atoms with Crippen molar-refractivity contribution < 1.29 is 30.4 Å². The van der Waals surface area contributed by atoms with Crippen LogP contribution in [0.25, 0.3) is 22.8 Å². The van der Waals surface area contributed by atoms with E-state index < -0.39 is 38.3 Å². The number of halogens is 4. The molecule has 0 spiro atoms. The van der Waals surface area contributed by atoms with Gasteiger partial charge in [-0.25, -0.2) is 4.39 Å². The van der Waals surface area contributed by atoms with E-state index in [1.54, 1.807) is 60.7 Å². The van der Waals surface area contributed by atoms with E-state index >= 15 is 0 Å². The zero-order valence-corrected chi connectivity index (χ0v) is 16.9. The molecule has 1 aromatic heterocycles. The number of nitrogens with one attached hydrogen (secondary N) is 1. The first kappa shape index (κ1) is 21.6. The van der Waals surface area contributed by atoms with Crippen LogP contribution >= 0.6 is 0 Å². The van der Waals surface area contributed by atoms with Gasteiger partial charge in [0.25, 0.3) is 10.0 Å². The Morgan fingerprint density at radius 2 is 1.41 bits per heavy atom. The lowest BCUT2D eigenvalue weighted by Gasteiger charge is -2.12. The van der Waals surface area contributed by atoms with Gasteiger partial charge in [-0.2, -0.15) is 26.6 Å². The molecule has 0 atom stereocenters. The zero-order chi connectivity index (χ0) is 22.9. The molecule has 1 N–H and O–H groups in total. The van der Waals surface area contributed by atoms with Crippen molar-refractivity contribution in [3.63, 3.8) is 0 Å². The maximum absolute atomic E-state index is 14.4. The maximum atomic E-state index is 14.4. The lowest BCUT2D eigenvalue weighted by atomic mass is 10.2. The van der Waals surface area contributed by atoms with Crippen molar-refractivity contribution in [1.29, 1.82) is 0 Å². The van der Waals surface area contributed by atoms with Crippen molar-refractivity contribution in [3.05, 3.63) is 90.2 Å². The van der Waals surface area contributed by atoms with Gasteiger partial charge in [0.1, 0.15) is 0 Å². The number of anilines is 1. The quantitative estimate of drug-likeness (QED) is 0.371. The van der Waals surface area contributed by atoms with Crippen LogP contribution in [0, 0.1) is 5.82 Å². The fraction of sp³-hybridized carbons (Fsp3) is 0.0455. The molecule has 4 rings (SSSR count). The molecule has 0 amide bonds. The first-order valence-electron chi connectivity index (χ1n) is 9.17. The topological polar surface area (TPSA) is 72.2 Å². The molecule has 5 nitrogen and oxygen atoms in total. The van der Waals surface area contributed by atoms with Crippen LogP contribution in [-0.4, -0.2) is 13.4 Å². The Labute approximate surface area is 180 Å². The highest BCUT2D eigenvalue weighted by Gasteiger charge is 2.36. The first-order chi connectivity index (χ1) is 15.2. The lowest BCUT2D eigenvalue weighted by molar-refractivity contribution is -0.139. The summed E-state index contributed by atoms with van der Waals surface area (Å²) in [4.78, 5) is 4.06. The summed E-state index contributed by atoms with van der Waals surface area (Å²) in [5, 5.41) is -0.584. The normalized spacial score (nSPS) is 12.0. The monoisotopic (exact) mass is 462 g/mol. The number of sulfonamides is 1. The minimum Gasteiger partial charge on any atom is -0.435 e. The smallest absolute Gasteiger partial charge is 0.419 e. The molecule has 0 aliphatic carbocycles. The Morgan fingerprint density at radius 3 is 2.00 bits per heavy atom. The van der Waals surface area contributed by atoms with Crippen LogP contribution in [0.2, 0.25) is 0 Å². The van der Waals surface area contributed by atoms with Gasteiger partial charge in [-0.05, 0) is 24.3 Å². The van der Waals surface area contributed by atoms with E-state index in [0.717, 1.165) is 12.1 Å². The van der Waals surface area contributed by atoms with Gasteiger partial charge in [-0.3, -0.25) is 4.72 Å². The molecular weight excluding hydrogens is 448 g/mol. The first-order valence-corrected chi connectivity index (χ1v) is 10.7. The van der Waals surface area contributed by atoms with E-state index in [4.69, 9.17) is 4.42 Å². The number of nitrogens with zero attached hydrogens (tertiary/aromatic N) is 1.